The van der Waals surface area contributed by atoms with Crippen LogP contribution in [0.25, 0.3) is 11.1 Å². The van der Waals surface area contributed by atoms with Gasteiger partial charge in [0.2, 0.25) is 11.8 Å². The summed E-state index contributed by atoms with van der Waals surface area (Å²) in [6, 6.07) is 22.0. The molecule has 45 heavy (non-hydrogen) atoms. The third kappa shape index (κ3) is 12.1. The Kier molecular flexibility index (Phi) is 12.6. The normalized spacial score (nSPS) is 11.6. The van der Waals surface area contributed by atoms with Gasteiger partial charge in [0, 0.05) is 19.5 Å². The number of hydrogen-bond donors (Lipinski definition) is 4. The van der Waals surface area contributed by atoms with E-state index in [2.05, 4.69) is 26.0 Å². The van der Waals surface area contributed by atoms with Crippen molar-refractivity contribution in [3.05, 3.63) is 95.6 Å². The van der Waals surface area contributed by atoms with Crippen molar-refractivity contribution in [3.8, 4) is 11.1 Å². The maximum Gasteiger partial charge on any atom is 0.491 e. The molecule has 0 bridgehead atoms. The molecule has 1 unspecified atom stereocenters. The number of carbonyl (C=O) groups is 5. The van der Waals surface area contributed by atoms with Gasteiger partial charge in [0.15, 0.2) is 0 Å². The topological polar surface area (TPSA) is 143 Å². The van der Waals surface area contributed by atoms with E-state index in [9.17, 15) is 37.1 Å². The van der Waals surface area contributed by atoms with E-state index in [4.69, 9.17) is 0 Å². The maximum absolute atomic E-state index is 12.6. The summed E-state index contributed by atoms with van der Waals surface area (Å²) in [6.07, 6.45) is -5.84. The van der Waals surface area contributed by atoms with Gasteiger partial charge in [-0.2, -0.15) is 13.2 Å². The van der Waals surface area contributed by atoms with Crippen molar-refractivity contribution >= 4 is 29.8 Å². The van der Waals surface area contributed by atoms with Gasteiger partial charge in [-0.15, -0.1) is 0 Å². The first-order chi connectivity index (χ1) is 21.4. The van der Waals surface area contributed by atoms with E-state index in [1.807, 2.05) is 61.5 Å². The van der Waals surface area contributed by atoms with Gasteiger partial charge in [-0.1, -0.05) is 84.4 Å². The lowest BCUT2D eigenvalue weighted by atomic mass is 9.99. The number of carbonyl (C=O) groups excluding carboxylic acids is 5. The van der Waals surface area contributed by atoms with Gasteiger partial charge in [-0.05, 0) is 35.6 Å². The summed E-state index contributed by atoms with van der Waals surface area (Å²) >= 11 is 0. The number of esters is 2. The molecule has 0 fully saturated rings. The van der Waals surface area contributed by atoms with E-state index < -0.39 is 55.0 Å². The van der Waals surface area contributed by atoms with Gasteiger partial charge in [0.05, 0.1) is 19.0 Å². The molecule has 0 aliphatic carbocycles. The first-order valence-corrected chi connectivity index (χ1v) is 14.0. The van der Waals surface area contributed by atoms with Gasteiger partial charge in [0.25, 0.3) is 0 Å². The fourth-order valence-electron chi connectivity index (χ4n) is 4.07. The van der Waals surface area contributed by atoms with Gasteiger partial charge in [-0.25, -0.2) is 9.59 Å². The summed E-state index contributed by atoms with van der Waals surface area (Å²) in [4.78, 5) is 60.0. The number of nitrogens with one attached hydrogen (secondary N) is 4. The fraction of sp³-hybridized carbons (Fsp3) is 0.281. The standard InChI is InChI=1S/C32H33F3N4O6/c1-21-9-11-22(12-10-21)19-38-31(44)36-17-5-8-27(40)37-20-28(41)39-26(18-29(42)45-30(43)32(33,34)35)25-15-13-24(14-16-25)23-6-3-2-4-7-23/h2-4,6-7,9-16,26H,5,8,17-20H2,1H3,(H,37,40)(H,39,41)(H2,36,38,44). The molecule has 4 amide bonds. The molecule has 0 saturated carbocycles. The first-order valence-electron chi connectivity index (χ1n) is 14.0. The summed E-state index contributed by atoms with van der Waals surface area (Å²) in [5.74, 6) is -5.37. The van der Waals surface area contributed by atoms with E-state index in [0.29, 0.717) is 18.5 Å². The number of rotatable bonds is 13. The van der Waals surface area contributed by atoms with Gasteiger partial charge in [0.1, 0.15) is 0 Å². The minimum Gasteiger partial charge on any atom is -0.386 e. The highest BCUT2D eigenvalue weighted by Crippen LogP contribution is 2.24. The molecule has 3 aromatic carbocycles. The van der Waals surface area contributed by atoms with Crippen molar-refractivity contribution in [3.63, 3.8) is 0 Å². The van der Waals surface area contributed by atoms with Crippen molar-refractivity contribution < 1.29 is 41.9 Å². The highest BCUT2D eigenvalue weighted by molar-refractivity contribution is 5.89. The third-order valence-corrected chi connectivity index (χ3v) is 6.45. The molecule has 0 saturated heterocycles. The van der Waals surface area contributed by atoms with Crippen LogP contribution in [0.15, 0.2) is 78.9 Å². The number of aryl methyl sites for hydroxylation is 1. The molecule has 1 atom stereocenters. The van der Waals surface area contributed by atoms with Crippen molar-refractivity contribution in [2.75, 3.05) is 13.1 Å². The van der Waals surface area contributed by atoms with Gasteiger partial charge < -0.3 is 26.0 Å². The molecular formula is C32H33F3N4O6. The Morgan fingerprint density at radius 3 is 2.07 bits per heavy atom. The number of ether oxygens (including phenoxy) is 1. The molecule has 4 N–H and O–H groups in total. The molecule has 0 aliphatic heterocycles. The number of alkyl halides is 3. The zero-order valence-corrected chi connectivity index (χ0v) is 24.4. The Hall–Kier alpha value is -5.20. The SMILES string of the molecule is Cc1ccc(CNC(=O)NCCCC(=O)NCC(=O)NC(CC(=O)OC(=O)C(F)(F)F)c2ccc(-c3ccccc3)cc2)cc1. The summed E-state index contributed by atoms with van der Waals surface area (Å²) in [5.41, 5.74) is 4.10. The smallest absolute Gasteiger partial charge is 0.386 e. The van der Waals surface area contributed by atoms with Crippen LogP contribution in [0.2, 0.25) is 0 Å². The maximum atomic E-state index is 12.6. The van der Waals surface area contributed by atoms with Crippen LogP contribution in [0.4, 0.5) is 18.0 Å². The predicted molar refractivity (Wildman–Crippen MR) is 158 cm³/mol. The zero-order chi connectivity index (χ0) is 32.8. The number of halogens is 3. The van der Waals surface area contributed by atoms with Crippen LogP contribution in [0.1, 0.15) is 42.0 Å². The minimum absolute atomic E-state index is 0.00176. The van der Waals surface area contributed by atoms with Crippen LogP contribution in [0.5, 0.6) is 0 Å². The lowest BCUT2D eigenvalue weighted by molar-refractivity contribution is -0.202. The van der Waals surface area contributed by atoms with E-state index in [0.717, 1.165) is 22.3 Å². The van der Waals surface area contributed by atoms with Crippen molar-refractivity contribution in [1.82, 2.24) is 21.3 Å². The largest absolute Gasteiger partial charge is 0.491 e. The minimum atomic E-state index is -5.36. The van der Waals surface area contributed by atoms with Crippen LogP contribution in [-0.2, 0) is 30.5 Å². The van der Waals surface area contributed by atoms with E-state index in [1.165, 1.54) is 0 Å². The van der Waals surface area contributed by atoms with Gasteiger partial charge in [-0.3, -0.25) is 14.4 Å². The molecule has 3 aromatic rings. The molecule has 10 nitrogen and oxygen atoms in total. The van der Waals surface area contributed by atoms with Crippen molar-refractivity contribution in [1.29, 1.82) is 0 Å². The highest BCUT2D eigenvalue weighted by atomic mass is 19.4. The van der Waals surface area contributed by atoms with Gasteiger partial charge >= 0.3 is 24.1 Å². The Bertz CT molecular complexity index is 1460. The van der Waals surface area contributed by atoms with Crippen molar-refractivity contribution in [2.45, 2.75) is 44.9 Å². The molecule has 0 aromatic heterocycles. The molecule has 238 valence electrons. The average Bonchev–Trinajstić information content (AvgIpc) is 3.01. The lowest BCUT2D eigenvalue weighted by Crippen LogP contribution is -2.40. The molecule has 0 aliphatic rings. The summed E-state index contributed by atoms with van der Waals surface area (Å²) in [7, 11) is 0. The van der Waals surface area contributed by atoms with Crippen LogP contribution in [-0.4, -0.2) is 49.0 Å². The second kappa shape index (κ2) is 16.6. The summed E-state index contributed by atoms with van der Waals surface area (Å²) in [6.45, 7) is 2.03. The van der Waals surface area contributed by atoms with Crippen LogP contribution < -0.4 is 21.3 Å². The molecule has 0 spiro atoms. The van der Waals surface area contributed by atoms with Crippen molar-refractivity contribution in [2.24, 2.45) is 0 Å². The van der Waals surface area contributed by atoms with E-state index >= 15 is 0 Å². The molecule has 3 rings (SSSR count). The quantitative estimate of drug-likeness (QED) is 0.127. The molecule has 13 heteroatoms. The summed E-state index contributed by atoms with van der Waals surface area (Å²) in [5, 5.41) is 10.3. The molecule has 0 heterocycles. The average molecular weight is 627 g/mol. The summed E-state index contributed by atoms with van der Waals surface area (Å²) < 4.78 is 41.6. The number of benzene rings is 3. The third-order valence-electron chi connectivity index (χ3n) is 6.45. The Morgan fingerprint density at radius 1 is 0.778 bits per heavy atom. The Morgan fingerprint density at radius 2 is 1.42 bits per heavy atom. The second-order valence-electron chi connectivity index (χ2n) is 10.0. The lowest BCUT2D eigenvalue weighted by Gasteiger charge is -2.19. The first kappa shape index (κ1) is 34.3. The number of urea groups is 1. The van der Waals surface area contributed by atoms with Crippen LogP contribution >= 0.6 is 0 Å². The Balaban J connectivity index is 1.48. The Labute approximate surface area is 257 Å². The second-order valence-corrected chi connectivity index (χ2v) is 10.0. The van der Waals surface area contributed by atoms with E-state index in [1.54, 1.807) is 24.3 Å². The van der Waals surface area contributed by atoms with Crippen LogP contribution in [0.3, 0.4) is 0 Å². The predicted octanol–water partition coefficient (Wildman–Crippen LogP) is 4.24. The zero-order valence-electron chi connectivity index (χ0n) is 24.4. The number of hydrogen-bond acceptors (Lipinski definition) is 6. The number of amides is 4. The fourth-order valence-corrected chi connectivity index (χ4v) is 4.07. The van der Waals surface area contributed by atoms with E-state index in [-0.39, 0.29) is 13.0 Å². The monoisotopic (exact) mass is 626 g/mol. The highest BCUT2D eigenvalue weighted by Gasteiger charge is 2.42. The molecule has 0 radical (unpaired) electrons. The van der Waals surface area contributed by atoms with Crippen LogP contribution in [0, 0.1) is 6.92 Å². The molecular weight excluding hydrogens is 593 g/mol.